The van der Waals surface area contributed by atoms with Crippen LogP contribution >= 0.6 is 12.4 Å². The highest BCUT2D eigenvalue weighted by molar-refractivity contribution is 5.85. The first-order valence-electron chi connectivity index (χ1n) is 3.97. The lowest BCUT2D eigenvalue weighted by Crippen LogP contribution is -2.38. The highest BCUT2D eigenvalue weighted by Gasteiger charge is 2.28. The van der Waals surface area contributed by atoms with E-state index in [1.165, 1.54) is 0 Å². The van der Waals surface area contributed by atoms with E-state index in [1.807, 2.05) is 0 Å². The van der Waals surface area contributed by atoms with Crippen LogP contribution in [0.25, 0.3) is 0 Å². The van der Waals surface area contributed by atoms with Crippen molar-refractivity contribution < 1.29 is 17.9 Å². The molecule has 0 aromatic carbocycles. The molecule has 0 amide bonds. The Balaban J connectivity index is 0.00000144. The molecule has 2 nitrogen and oxygen atoms in total. The molecule has 1 aliphatic heterocycles. The minimum atomic E-state index is -4.05. The lowest BCUT2D eigenvalue weighted by atomic mass is 10.2. The zero-order valence-electron chi connectivity index (χ0n) is 7.06. The molecule has 6 heteroatoms. The molecule has 1 aliphatic rings. The van der Waals surface area contributed by atoms with Crippen LogP contribution in [0.3, 0.4) is 0 Å². The van der Waals surface area contributed by atoms with E-state index in [9.17, 15) is 13.2 Å². The summed E-state index contributed by atoms with van der Waals surface area (Å²) in [6.07, 6.45) is -5.00. The van der Waals surface area contributed by atoms with Gasteiger partial charge in [-0.05, 0) is 6.42 Å². The zero-order valence-corrected chi connectivity index (χ0v) is 7.88. The minimum absolute atomic E-state index is 0. The van der Waals surface area contributed by atoms with Crippen molar-refractivity contribution >= 4 is 12.4 Å². The fourth-order valence-electron chi connectivity index (χ4n) is 1.13. The number of hydrogen-bond acceptors (Lipinski definition) is 2. The first-order chi connectivity index (χ1) is 5.58. The van der Waals surface area contributed by atoms with Crippen LogP contribution in [0.2, 0.25) is 0 Å². The summed E-state index contributed by atoms with van der Waals surface area (Å²) in [5.74, 6) is 0. The molecular weight excluding hydrogens is 207 g/mol. The maximum atomic E-state index is 11.7. The van der Waals surface area contributed by atoms with Gasteiger partial charge >= 0.3 is 6.18 Å². The molecule has 0 bridgehead atoms. The van der Waals surface area contributed by atoms with Crippen molar-refractivity contribution in [3.05, 3.63) is 0 Å². The number of halogens is 4. The summed E-state index contributed by atoms with van der Waals surface area (Å²) >= 11 is 0. The quantitative estimate of drug-likeness (QED) is 0.764. The molecule has 0 aromatic heterocycles. The van der Waals surface area contributed by atoms with E-state index in [0.29, 0.717) is 13.2 Å². The van der Waals surface area contributed by atoms with Crippen LogP contribution in [0, 0.1) is 0 Å². The van der Waals surface area contributed by atoms with Gasteiger partial charge in [0.1, 0.15) is 0 Å². The molecule has 1 N–H and O–H groups in total. The van der Waals surface area contributed by atoms with Crippen molar-refractivity contribution in [2.45, 2.75) is 25.1 Å². The molecule has 1 atom stereocenters. The van der Waals surface area contributed by atoms with E-state index in [2.05, 4.69) is 5.32 Å². The van der Waals surface area contributed by atoms with Gasteiger partial charge in [0.15, 0.2) is 0 Å². The summed E-state index contributed by atoms with van der Waals surface area (Å²) in [5.41, 5.74) is 0. The van der Waals surface area contributed by atoms with Gasteiger partial charge in [-0.15, -0.1) is 12.4 Å². The second-order valence-electron chi connectivity index (χ2n) is 2.85. The lowest BCUT2D eigenvalue weighted by molar-refractivity contribution is -0.142. The largest absolute Gasteiger partial charge is 0.389 e. The maximum Gasteiger partial charge on any atom is 0.389 e. The molecule has 1 fully saturated rings. The van der Waals surface area contributed by atoms with Gasteiger partial charge in [-0.1, -0.05) is 0 Å². The van der Waals surface area contributed by atoms with Crippen LogP contribution < -0.4 is 5.32 Å². The van der Waals surface area contributed by atoms with Crippen LogP contribution in [0.1, 0.15) is 12.8 Å². The van der Waals surface area contributed by atoms with E-state index in [1.54, 1.807) is 0 Å². The molecule has 0 aromatic rings. The zero-order chi connectivity index (χ0) is 9.03. The smallest absolute Gasteiger partial charge is 0.376 e. The number of alkyl halides is 3. The van der Waals surface area contributed by atoms with Gasteiger partial charge in [0.05, 0.1) is 12.7 Å². The summed E-state index contributed by atoms with van der Waals surface area (Å²) in [6, 6.07) is 0. The predicted molar refractivity (Wildman–Crippen MR) is 45.1 cm³/mol. The molecule has 0 saturated carbocycles. The molecule has 1 unspecified atom stereocenters. The molecule has 1 heterocycles. The van der Waals surface area contributed by atoms with Crippen molar-refractivity contribution in [3.63, 3.8) is 0 Å². The monoisotopic (exact) mass is 219 g/mol. The second-order valence-corrected chi connectivity index (χ2v) is 2.85. The van der Waals surface area contributed by atoms with Gasteiger partial charge in [-0.25, -0.2) is 0 Å². The predicted octanol–water partition coefficient (Wildman–Crippen LogP) is 1.74. The average Bonchev–Trinajstić information content (AvgIpc) is 2.02. The Morgan fingerprint density at radius 1 is 1.38 bits per heavy atom. The van der Waals surface area contributed by atoms with E-state index in [0.717, 1.165) is 6.54 Å². The van der Waals surface area contributed by atoms with Gasteiger partial charge in [-0.3, -0.25) is 0 Å². The van der Waals surface area contributed by atoms with Gasteiger partial charge in [-0.2, -0.15) is 13.2 Å². The molecule has 0 aliphatic carbocycles. The van der Waals surface area contributed by atoms with Crippen LogP contribution in [-0.4, -0.2) is 32.0 Å². The fraction of sp³-hybridized carbons (Fsp3) is 1.00. The minimum Gasteiger partial charge on any atom is -0.376 e. The Labute approximate surface area is 81.2 Å². The summed E-state index contributed by atoms with van der Waals surface area (Å²) in [4.78, 5) is 0. The first-order valence-corrected chi connectivity index (χ1v) is 3.97. The van der Waals surface area contributed by atoms with Gasteiger partial charge < -0.3 is 10.1 Å². The number of morpholine rings is 1. The fourth-order valence-corrected chi connectivity index (χ4v) is 1.13. The van der Waals surface area contributed by atoms with Crippen LogP contribution in [0.15, 0.2) is 0 Å². The van der Waals surface area contributed by atoms with Gasteiger partial charge in [0.2, 0.25) is 0 Å². The summed E-state index contributed by atoms with van der Waals surface area (Å²) in [6.45, 7) is 1.79. The first kappa shape index (κ1) is 13.0. The topological polar surface area (TPSA) is 21.3 Å². The third kappa shape index (κ3) is 6.12. The van der Waals surface area contributed by atoms with E-state index in [4.69, 9.17) is 4.74 Å². The molecule has 13 heavy (non-hydrogen) atoms. The molecule has 0 radical (unpaired) electrons. The highest BCUT2D eigenvalue weighted by atomic mass is 35.5. The Morgan fingerprint density at radius 3 is 2.54 bits per heavy atom. The Kier molecular flexibility index (Phi) is 5.67. The van der Waals surface area contributed by atoms with Crippen molar-refractivity contribution in [3.8, 4) is 0 Å². The summed E-state index contributed by atoms with van der Waals surface area (Å²) in [5, 5.41) is 2.98. The van der Waals surface area contributed by atoms with Crippen molar-refractivity contribution in [2.75, 3.05) is 19.7 Å². The molecular formula is C7H13ClF3NO. The molecule has 80 valence electrons. The van der Waals surface area contributed by atoms with E-state index >= 15 is 0 Å². The average molecular weight is 220 g/mol. The molecule has 1 rings (SSSR count). The lowest BCUT2D eigenvalue weighted by Gasteiger charge is -2.23. The standard InChI is InChI=1S/C7H12F3NO.ClH/c8-7(9,10)2-1-6-5-11-3-4-12-6;/h6,11H,1-5H2;1H. The normalized spacial score (nSPS) is 23.8. The Bertz CT molecular complexity index is 136. The Morgan fingerprint density at radius 2 is 2.08 bits per heavy atom. The molecule has 1 saturated heterocycles. The third-order valence-electron chi connectivity index (χ3n) is 1.75. The number of hydrogen-bond donors (Lipinski definition) is 1. The van der Waals surface area contributed by atoms with Crippen molar-refractivity contribution in [1.29, 1.82) is 0 Å². The number of rotatable bonds is 2. The van der Waals surface area contributed by atoms with E-state index < -0.39 is 12.6 Å². The van der Waals surface area contributed by atoms with E-state index in [-0.39, 0.29) is 24.9 Å². The maximum absolute atomic E-state index is 11.7. The molecule has 0 spiro atoms. The highest BCUT2D eigenvalue weighted by Crippen LogP contribution is 2.23. The van der Waals surface area contributed by atoms with Crippen LogP contribution in [0.5, 0.6) is 0 Å². The summed E-state index contributed by atoms with van der Waals surface area (Å²) in [7, 11) is 0. The third-order valence-corrected chi connectivity index (χ3v) is 1.75. The SMILES string of the molecule is Cl.FC(F)(F)CCC1CNCCO1. The van der Waals surface area contributed by atoms with Crippen molar-refractivity contribution in [1.82, 2.24) is 5.32 Å². The van der Waals surface area contributed by atoms with Crippen LogP contribution in [0.4, 0.5) is 13.2 Å². The number of nitrogens with one attached hydrogen (secondary N) is 1. The van der Waals surface area contributed by atoms with Crippen LogP contribution in [-0.2, 0) is 4.74 Å². The van der Waals surface area contributed by atoms with Gasteiger partial charge in [0, 0.05) is 19.5 Å². The van der Waals surface area contributed by atoms with Crippen molar-refractivity contribution in [2.24, 2.45) is 0 Å². The Hall–Kier alpha value is -0.0000000000000000416. The number of ether oxygens (including phenoxy) is 1. The van der Waals surface area contributed by atoms with Gasteiger partial charge in [0.25, 0.3) is 0 Å². The summed E-state index contributed by atoms with van der Waals surface area (Å²) < 4.78 is 40.3. The second kappa shape index (κ2) is 5.67.